The lowest BCUT2D eigenvalue weighted by atomic mass is 10.1. The third-order valence-electron chi connectivity index (χ3n) is 4.62. The Kier molecular flexibility index (Phi) is 7.10. The molecule has 9 heteroatoms. The first-order chi connectivity index (χ1) is 13.6. The molecular weight excluding hydrogens is 360 g/mol. The zero-order valence-corrected chi connectivity index (χ0v) is 16.0. The van der Waals surface area contributed by atoms with E-state index in [9.17, 15) is 9.59 Å². The number of carbonyl (C=O) groups excluding carboxylic acids is 2. The molecule has 1 atom stereocenters. The van der Waals surface area contributed by atoms with Crippen LogP contribution in [0.1, 0.15) is 17.3 Å². The number of nitrogens with zero attached hydrogens (tertiary/aromatic N) is 4. The van der Waals surface area contributed by atoms with Gasteiger partial charge in [-0.3, -0.25) is 19.2 Å². The highest BCUT2D eigenvalue weighted by molar-refractivity contribution is 6.04. The second-order valence-electron chi connectivity index (χ2n) is 6.76. The fourth-order valence-electron chi connectivity index (χ4n) is 2.98. The number of hydrogen-bond acceptors (Lipinski definition) is 6. The molecule has 2 amide bonds. The maximum atomic E-state index is 12.6. The molecule has 0 radical (unpaired) electrons. The van der Waals surface area contributed by atoms with E-state index in [0.29, 0.717) is 24.3 Å². The zero-order chi connectivity index (χ0) is 19.8. The molecule has 3 rings (SSSR count). The number of amides is 2. The third-order valence-corrected chi connectivity index (χ3v) is 4.62. The van der Waals surface area contributed by atoms with Gasteiger partial charge in [0.25, 0.3) is 5.91 Å². The molecule has 1 aromatic heterocycles. The number of nitrogens with one attached hydrogen (secondary N) is 2. The van der Waals surface area contributed by atoms with Crippen LogP contribution in [0.25, 0.3) is 0 Å². The van der Waals surface area contributed by atoms with Crippen LogP contribution in [0, 0.1) is 5.92 Å². The third kappa shape index (κ3) is 5.61. The summed E-state index contributed by atoms with van der Waals surface area (Å²) in [4.78, 5) is 31.2. The second kappa shape index (κ2) is 9.95. The molecule has 2 N–H and O–H groups in total. The summed E-state index contributed by atoms with van der Waals surface area (Å²) in [5.41, 5.74) is 0.951. The van der Waals surface area contributed by atoms with Crippen LogP contribution in [0.4, 0.5) is 5.69 Å². The second-order valence-corrected chi connectivity index (χ2v) is 6.76. The monoisotopic (exact) mass is 386 g/mol. The number of anilines is 1. The van der Waals surface area contributed by atoms with Gasteiger partial charge < -0.3 is 15.4 Å². The van der Waals surface area contributed by atoms with Crippen molar-refractivity contribution in [2.24, 2.45) is 5.92 Å². The van der Waals surface area contributed by atoms with E-state index >= 15 is 0 Å². The predicted octanol–water partition coefficient (Wildman–Crippen LogP) is 0.615. The Balaban J connectivity index is 1.54. The number of carbonyl (C=O) groups is 2. The first-order valence-corrected chi connectivity index (χ1v) is 9.44. The average molecular weight is 386 g/mol. The SMILES string of the molecule is C[C@H](Cn1cncn1)C(=O)Nc1ccccc1C(=O)NCCN1CCOCC1. The molecule has 1 aromatic carbocycles. The minimum absolute atomic E-state index is 0.177. The zero-order valence-electron chi connectivity index (χ0n) is 16.0. The van der Waals surface area contributed by atoms with Crippen LogP contribution in [-0.2, 0) is 16.1 Å². The van der Waals surface area contributed by atoms with Gasteiger partial charge in [-0.05, 0) is 12.1 Å². The molecule has 9 nitrogen and oxygen atoms in total. The maximum absolute atomic E-state index is 12.6. The van der Waals surface area contributed by atoms with Crippen molar-refractivity contribution in [1.82, 2.24) is 25.0 Å². The molecule has 0 spiro atoms. The number of benzene rings is 1. The average Bonchev–Trinajstić information content (AvgIpc) is 3.22. The maximum Gasteiger partial charge on any atom is 0.253 e. The van der Waals surface area contributed by atoms with Crippen molar-refractivity contribution in [2.45, 2.75) is 13.5 Å². The molecule has 1 aliphatic rings. The fourth-order valence-corrected chi connectivity index (χ4v) is 2.98. The molecule has 2 heterocycles. The Bertz CT molecular complexity index is 774. The van der Waals surface area contributed by atoms with Crippen molar-refractivity contribution in [2.75, 3.05) is 44.7 Å². The van der Waals surface area contributed by atoms with Gasteiger partial charge in [0, 0.05) is 26.2 Å². The van der Waals surface area contributed by atoms with Crippen molar-refractivity contribution in [3.63, 3.8) is 0 Å². The van der Waals surface area contributed by atoms with Gasteiger partial charge in [0.1, 0.15) is 12.7 Å². The lowest BCUT2D eigenvalue weighted by Gasteiger charge is -2.26. The number of hydrogen-bond donors (Lipinski definition) is 2. The highest BCUT2D eigenvalue weighted by atomic mass is 16.5. The first-order valence-electron chi connectivity index (χ1n) is 9.44. The molecule has 1 saturated heterocycles. The van der Waals surface area contributed by atoms with Gasteiger partial charge in [0.2, 0.25) is 5.91 Å². The van der Waals surface area contributed by atoms with Gasteiger partial charge in [-0.25, -0.2) is 4.98 Å². The van der Waals surface area contributed by atoms with Crippen molar-refractivity contribution >= 4 is 17.5 Å². The summed E-state index contributed by atoms with van der Waals surface area (Å²) in [5, 5.41) is 9.80. The summed E-state index contributed by atoms with van der Waals surface area (Å²) in [6, 6.07) is 7.02. The summed E-state index contributed by atoms with van der Waals surface area (Å²) in [6.45, 7) is 6.77. The van der Waals surface area contributed by atoms with E-state index < -0.39 is 0 Å². The lowest BCUT2D eigenvalue weighted by molar-refractivity contribution is -0.119. The van der Waals surface area contributed by atoms with Crippen LogP contribution in [0.15, 0.2) is 36.9 Å². The summed E-state index contributed by atoms with van der Waals surface area (Å²) in [7, 11) is 0. The molecular formula is C19H26N6O3. The number of ether oxygens (including phenoxy) is 1. The number of para-hydroxylation sites is 1. The minimum atomic E-state index is -0.320. The Morgan fingerprint density at radius 2 is 2.04 bits per heavy atom. The minimum Gasteiger partial charge on any atom is -0.379 e. The van der Waals surface area contributed by atoms with E-state index in [2.05, 4.69) is 25.6 Å². The van der Waals surface area contributed by atoms with E-state index in [0.717, 1.165) is 32.8 Å². The molecule has 28 heavy (non-hydrogen) atoms. The van der Waals surface area contributed by atoms with Crippen molar-refractivity contribution < 1.29 is 14.3 Å². The van der Waals surface area contributed by atoms with Crippen LogP contribution >= 0.6 is 0 Å². The first kappa shape index (κ1) is 20.0. The largest absolute Gasteiger partial charge is 0.379 e. The van der Waals surface area contributed by atoms with Gasteiger partial charge in [-0.1, -0.05) is 19.1 Å². The predicted molar refractivity (Wildman–Crippen MR) is 104 cm³/mol. The summed E-state index contributed by atoms with van der Waals surface area (Å²) >= 11 is 0. The molecule has 2 aromatic rings. The number of morpholine rings is 1. The Hall–Kier alpha value is -2.78. The fraction of sp³-hybridized carbons (Fsp3) is 0.474. The Morgan fingerprint density at radius 1 is 1.25 bits per heavy atom. The van der Waals surface area contributed by atoms with Crippen molar-refractivity contribution in [3.05, 3.63) is 42.5 Å². The standard InChI is InChI=1S/C19H26N6O3/c1-15(12-25-14-20-13-22-25)18(26)23-17-5-3-2-4-16(17)19(27)21-6-7-24-8-10-28-11-9-24/h2-5,13-15H,6-12H2,1H3,(H,21,27)(H,23,26)/t15-/m1/s1. The topological polar surface area (TPSA) is 101 Å². The lowest BCUT2D eigenvalue weighted by Crippen LogP contribution is -2.41. The molecule has 0 saturated carbocycles. The quantitative estimate of drug-likeness (QED) is 0.690. The van der Waals surface area contributed by atoms with Gasteiger partial charge in [-0.15, -0.1) is 0 Å². The van der Waals surface area contributed by atoms with E-state index in [1.165, 1.54) is 6.33 Å². The van der Waals surface area contributed by atoms with Crippen LogP contribution in [0.5, 0.6) is 0 Å². The van der Waals surface area contributed by atoms with Crippen LogP contribution < -0.4 is 10.6 Å². The Morgan fingerprint density at radius 3 is 2.79 bits per heavy atom. The summed E-state index contributed by atoms with van der Waals surface area (Å²) in [6.07, 6.45) is 3.00. The van der Waals surface area contributed by atoms with E-state index in [1.54, 1.807) is 35.3 Å². The highest BCUT2D eigenvalue weighted by Crippen LogP contribution is 2.16. The molecule has 1 aliphatic heterocycles. The molecule has 0 unspecified atom stereocenters. The van der Waals surface area contributed by atoms with E-state index in [4.69, 9.17) is 4.74 Å². The van der Waals surface area contributed by atoms with E-state index in [-0.39, 0.29) is 17.7 Å². The van der Waals surface area contributed by atoms with Gasteiger partial charge in [0.15, 0.2) is 0 Å². The number of aromatic nitrogens is 3. The van der Waals surface area contributed by atoms with Crippen LogP contribution in [-0.4, -0.2) is 70.9 Å². The van der Waals surface area contributed by atoms with Gasteiger partial charge in [-0.2, -0.15) is 5.10 Å². The van der Waals surface area contributed by atoms with Gasteiger partial charge >= 0.3 is 0 Å². The normalized spacial score (nSPS) is 15.8. The van der Waals surface area contributed by atoms with Crippen LogP contribution in [0.2, 0.25) is 0 Å². The molecule has 0 aliphatic carbocycles. The highest BCUT2D eigenvalue weighted by Gasteiger charge is 2.18. The number of rotatable bonds is 8. The molecule has 1 fully saturated rings. The Labute approximate surface area is 164 Å². The van der Waals surface area contributed by atoms with Gasteiger partial charge in [0.05, 0.1) is 36.9 Å². The summed E-state index contributed by atoms with van der Waals surface area (Å²) < 4.78 is 6.93. The summed E-state index contributed by atoms with van der Waals surface area (Å²) in [5.74, 6) is -0.698. The van der Waals surface area contributed by atoms with Crippen molar-refractivity contribution in [3.8, 4) is 0 Å². The van der Waals surface area contributed by atoms with Crippen LogP contribution in [0.3, 0.4) is 0 Å². The van der Waals surface area contributed by atoms with Crippen molar-refractivity contribution in [1.29, 1.82) is 0 Å². The van der Waals surface area contributed by atoms with E-state index in [1.807, 2.05) is 6.92 Å². The molecule has 0 bridgehead atoms. The smallest absolute Gasteiger partial charge is 0.253 e. The molecule has 150 valence electrons.